The number of Topliss-reactive ketones (excluding diaryl/α,β-unsaturated/α-hetero) is 2. The first-order valence-corrected chi connectivity index (χ1v) is 14.8. The van der Waals surface area contributed by atoms with Crippen molar-refractivity contribution in [2.45, 2.75) is 45.2 Å². The predicted octanol–water partition coefficient (Wildman–Crippen LogP) is 1.84. The van der Waals surface area contributed by atoms with Crippen molar-refractivity contribution in [1.82, 2.24) is 9.80 Å². The molecule has 2 aliphatic rings. The zero-order chi connectivity index (χ0) is 37.3. The van der Waals surface area contributed by atoms with E-state index in [0.29, 0.717) is 5.56 Å². The number of nitro benzene ring substituents is 2. The van der Waals surface area contributed by atoms with Gasteiger partial charge in [-0.1, -0.05) is 0 Å². The van der Waals surface area contributed by atoms with Crippen molar-refractivity contribution in [3.63, 3.8) is 0 Å². The standard InChI is InChI=1S/C30H32N4O13.CO2/c1-16-8-20(29(38)32-15-19(36)10-24(32)30(39)45-4)22(33(40)41)12-25(16)46-6-5-7-47-27-13-23(34(42)43)21(11-26(27)44-3)28(37)31-14-18(35)9-17(31)2;2-1-3/h8,11-13,17,24H,5-7,9-10,14-15H2,1-4H3;/t17-,24+;/m1./s1. The van der Waals surface area contributed by atoms with E-state index in [1.54, 1.807) is 13.8 Å². The Morgan fingerprint density at radius 2 is 1.32 bits per heavy atom. The fraction of sp³-hybridized carbons (Fsp3) is 0.419. The van der Waals surface area contributed by atoms with E-state index in [1.807, 2.05) is 0 Å². The quantitative estimate of drug-likeness (QED) is 0.133. The van der Waals surface area contributed by atoms with Crippen LogP contribution in [0.4, 0.5) is 11.4 Å². The van der Waals surface area contributed by atoms with Crippen LogP contribution < -0.4 is 14.2 Å². The predicted molar refractivity (Wildman–Crippen MR) is 165 cm³/mol. The number of ketones is 2. The number of esters is 1. The number of nitrogens with zero attached hydrogens (tertiary/aromatic N) is 4. The number of hydrogen-bond donors (Lipinski definition) is 0. The van der Waals surface area contributed by atoms with E-state index in [4.69, 9.17) is 23.8 Å². The number of likely N-dealkylation sites (tertiary alicyclic amines) is 2. The summed E-state index contributed by atoms with van der Waals surface area (Å²) in [4.78, 5) is 103. The van der Waals surface area contributed by atoms with Gasteiger partial charge in [-0.3, -0.25) is 39.4 Å². The first-order chi connectivity index (χ1) is 23.7. The zero-order valence-electron chi connectivity index (χ0n) is 27.3. The van der Waals surface area contributed by atoms with Gasteiger partial charge in [0, 0.05) is 31.4 Å². The molecule has 0 aromatic heterocycles. The molecular weight excluding hydrogens is 668 g/mol. The molecule has 0 N–H and O–H groups in total. The van der Waals surface area contributed by atoms with Crippen molar-refractivity contribution >= 4 is 46.9 Å². The third-order valence-electron chi connectivity index (χ3n) is 7.77. The van der Waals surface area contributed by atoms with Crippen LogP contribution in [-0.4, -0.2) is 108 Å². The molecule has 0 saturated carbocycles. The molecule has 2 saturated heterocycles. The van der Waals surface area contributed by atoms with Crippen LogP contribution in [0.5, 0.6) is 17.2 Å². The van der Waals surface area contributed by atoms with E-state index in [-0.39, 0.29) is 85.1 Å². The third kappa shape index (κ3) is 8.62. The molecule has 0 spiro atoms. The van der Waals surface area contributed by atoms with E-state index >= 15 is 0 Å². The topological polar surface area (TPSA) is 249 Å². The summed E-state index contributed by atoms with van der Waals surface area (Å²) in [6.45, 7) is 2.66. The third-order valence-corrected chi connectivity index (χ3v) is 7.77. The smallest absolute Gasteiger partial charge is 0.373 e. The van der Waals surface area contributed by atoms with Crippen molar-refractivity contribution in [2.24, 2.45) is 0 Å². The molecule has 2 aromatic carbocycles. The van der Waals surface area contributed by atoms with Gasteiger partial charge >= 0.3 is 12.1 Å². The SMILES string of the molecule is COC(=O)[C@@H]1CC(=O)CN1C(=O)c1cc(C)c(OCCCOc2cc([N+](=O)[O-])c(C(=O)N3CC(=O)C[C@H]3C)cc2OC)cc1[N+](=O)[O-].O=C=O. The molecule has 2 heterocycles. The molecule has 19 heteroatoms. The Kier molecular flexibility index (Phi) is 12.8. The monoisotopic (exact) mass is 700 g/mol. The van der Waals surface area contributed by atoms with Crippen LogP contribution in [0.2, 0.25) is 0 Å². The van der Waals surface area contributed by atoms with Crippen LogP contribution in [-0.2, 0) is 28.7 Å². The summed E-state index contributed by atoms with van der Waals surface area (Å²) in [5.74, 6) is -2.76. The summed E-state index contributed by atoms with van der Waals surface area (Å²) in [6.07, 6.45) is 0.360. The van der Waals surface area contributed by atoms with E-state index in [1.165, 1.54) is 24.1 Å². The summed E-state index contributed by atoms with van der Waals surface area (Å²) >= 11 is 0. The van der Waals surface area contributed by atoms with Gasteiger partial charge in [0.05, 0.1) is 62.5 Å². The number of carbonyl (C=O) groups excluding carboxylic acids is 7. The zero-order valence-corrected chi connectivity index (χ0v) is 27.3. The van der Waals surface area contributed by atoms with E-state index in [0.717, 1.165) is 24.1 Å². The fourth-order valence-corrected chi connectivity index (χ4v) is 5.40. The second-order valence-corrected chi connectivity index (χ2v) is 11.0. The number of ether oxygens (including phenoxy) is 4. The van der Waals surface area contributed by atoms with Gasteiger partial charge in [0.15, 0.2) is 23.1 Å². The lowest BCUT2D eigenvalue weighted by atomic mass is 10.1. The van der Waals surface area contributed by atoms with Crippen molar-refractivity contribution < 1.29 is 62.4 Å². The van der Waals surface area contributed by atoms with Gasteiger partial charge in [-0.2, -0.15) is 9.59 Å². The van der Waals surface area contributed by atoms with Crippen LogP contribution >= 0.6 is 0 Å². The Balaban J connectivity index is 0.00000217. The molecule has 266 valence electrons. The number of benzene rings is 2. The fourth-order valence-electron chi connectivity index (χ4n) is 5.40. The molecule has 0 aliphatic carbocycles. The Hall–Kier alpha value is -6.23. The lowest BCUT2D eigenvalue weighted by Crippen LogP contribution is -2.41. The number of hydrogen-bond acceptors (Lipinski definition) is 15. The number of methoxy groups -OCH3 is 2. The van der Waals surface area contributed by atoms with Gasteiger partial charge < -0.3 is 28.7 Å². The van der Waals surface area contributed by atoms with Gasteiger partial charge in [0.1, 0.15) is 22.9 Å². The van der Waals surface area contributed by atoms with Crippen molar-refractivity contribution in [3.8, 4) is 17.2 Å². The Morgan fingerprint density at radius 3 is 1.84 bits per heavy atom. The first kappa shape index (κ1) is 38.2. The molecule has 2 aliphatic heterocycles. The normalized spacial score (nSPS) is 16.6. The molecule has 2 atom stereocenters. The Bertz CT molecular complexity index is 1750. The van der Waals surface area contributed by atoms with Crippen LogP contribution in [0.3, 0.4) is 0 Å². The molecule has 0 unspecified atom stereocenters. The highest BCUT2D eigenvalue weighted by atomic mass is 16.6. The van der Waals surface area contributed by atoms with Gasteiger partial charge in [-0.15, -0.1) is 0 Å². The molecule has 50 heavy (non-hydrogen) atoms. The minimum absolute atomic E-state index is 0.0124. The number of aryl methyl sites for hydroxylation is 1. The maximum Gasteiger partial charge on any atom is 0.373 e. The molecular formula is C31H32N4O15. The average molecular weight is 701 g/mol. The summed E-state index contributed by atoms with van der Waals surface area (Å²) < 4.78 is 21.4. The highest BCUT2D eigenvalue weighted by Gasteiger charge is 2.42. The van der Waals surface area contributed by atoms with E-state index in [2.05, 4.69) is 4.74 Å². The van der Waals surface area contributed by atoms with Gasteiger partial charge in [-0.05, 0) is 25.5 Å². The van der Waals surface area contributed by atoms with Crippen molar-refractivity contribution in [2.75, 3.05) is 40.5 Å². The molecule has 19 nitrogen and oxygen atoms in total. The van der Waals surface area contributed by atoms with Crippen LogP contribution in [0.1, 0.15) is 52.5 Å². The molecule has 2 aromatic rings. The summed E-state index contributed by atoms with van der Waals surface area (Å²) in [7, 11) is 2.41. The molecule has 0 bridgehead atoms. The number of rotatable bonds is 12. The number of carbonyl (C=O) groups is 5. The van der Waals surface area contributed by atoms with Crippen LogP contribution in [0.25, 0.3) is 0 Å². The minimum atomic E-state index is -1.19. The summed E-state index contributed by atoms with van der Waals surface area (Å²) in [5, 5.41) is 23.7. The highest BCUT2D eigenvalue weighted by Crippen LogP contribution is 2.36. The lowest BCUT2D eigenvalue weighted by molar-refractivity contribution is -0.385. The number of amides is 2. The van der Waals surface area contributed by atoms with Gasteiger partial charge in [0.25, 0.3) is 23.2 Å². The molecule has 4 rings (SSSR count). The van der Waals surface area contributed by atoms with Crippen molar-refractivity contribution in [3.05, 3.63) is 61.2 Å². The van der Waals surface area contributed by atoms with E-state index < -0.39 is 57.6 Å². The summed E-state index contributed by atoms with van der Waals surface area (Å²) in [6, 6.07) is 2.98. The molecule has 2 fully saturated rings. The summed E-state index contributed by atoms with van der Waals surface area (Å²) in [5.41, 5.74) is -1.32. The Morgan fingerprint density at radius 1 is 0.820 bits per heavy atom. The van der Waals surface area contributed by atoms with E-state index in [9.17, 15) is 44.2 Å². The maximum absolute atomic E-state index is 13.2. The second kappa shape index (κ2) is 16.7. The highest BCUT2D eigenvalue weighted by molar-refractivity contribution is 6.05. The largest absolute Gasteiger partial charge is 0.493 e. The second-order valence-electron chi connectivity index (χ2n) is 11.0. The maximum atomic E-state index is 13.2. The lowest BCUT2D eigenvalue weighted by Gasteiger charge is -2.22. The van der Waals surface area contributed by atoms with Crippen LogP contribution in [0.15, 0.2) is 24.3 Å². The average Bonchev–Trinajstić information content (AvgIpc) is 3.64. The van der Waals surface area contributed by atoms with Gasteiger partial charge in [0.2, 0.25) is 0 Å². The van der Waals surface area contributed by atoms with Crippen molar-refractivity contribution in [1.29, 1.82) is 0 Å². The Labute approximate surface area is 283 Å². The first-order valence-electron chi connectivity index (χ1n) is 14.8. The molecule has 0 radical (unpaired) electrons. The number of nitro groups is 2. The van der Waals surface area contributed by atoms with Crippen LogP contribution in [0, 0.1) is 27.2 Å². The molecule has 2 amide bonds. The minimum Gasteiger partial charge on any atom is -0.493 e. The van der Waals surface area contributed by atoms with Gasteiger partial charge in [-0.25, -0.2) is 4.79 Å².